The predicted molar refractivity (Wildman–Crippen MR) is 177 cm³/mol. The van der Waals surface area contributed by atoms with Gasteiger partial charge in [0, 0.05) is 35.0 Å². The molecule has 3 aromatic heterocycles. The lowest BCUT2D eigenvalue weighted by molar-refractivity contribution is -0.137. The molecular formula is C34H27F2N5O6S. The van der Waals surface area contributed by atoms with E-state index in [1.54, 1.807) is 41.0 Å². The van der Waals surface area contributed by atoms with E-state index in [-0.39, 0.29) is 40.2 Å². The number of amides is 1. The predicted octanol–water partition coefficient (Wildman–Crippen LogP) is 6.58. The number of carbonyl (C=O) groups excluding carboxylic acids is 1. The van der Waals surface area contributed by atoms with Crippen LogP contribution in [0.3, 0.4) is 0 Å². The first-order valence-corrected chi connectivity index (χ1v) is 16.5. The quantitative estimate of drug-likeness (QED) is 0.141. The maximum absolute atomic E-state index is 15.0. The highest BCUT2D eigenvalue weighted by molar-refractivity contribution is 7.92. The van der Waals surface area contributed by atoms with Gasteiger partial charge < -0.3 is 24.7 Å². The minimum Gasteiger partial charge on any atom is -0.481 e. The maximum atomic E-state index is 15.0. The molecule has 0 saturated heterocycles. The SMILES string of the molecule is CCS(=O)(=O)Nc1cc2oc(-c3ccc(F)cc3)c(C(=O)NC)c2cc1-c1ccc2c(n1)-c1cc3c(F)cccc3n1C(CC(=O)O)N2. The Morgan fingerprint density at radius 3 is 2.52 bits per heavy atom. The lowest BCUT2D eigenvalue weighted by Crippen LogP contribution is -2.26. The van der Waals surface area contributed by atoms with E-state index in [0.29, 0.717) is 44.8 Å². The van der Waals surface area contributed by atoms with E-state index in [1.165, 1.54) is 50.4 Å². The van der Waals surface area contributed by atoms with Crippen LogP contribution in [0.15, 0.2) is 77.2 Å². The Morgan fingerprint density at radius 1 is 1.04 bits per heavy atom. The highest BCUT2D eigenvalue weighted by atomic mass is 32.2. The summed E-state index contributed by atoms with van der Waals surface area (Å²) in [4.78, 5) is 29.9. The lowest BCUT2D eigenvalue weighted by Gasteiger charge is -2.30. The van der Waals surface area contributed by atoms with Crippen LogP contribution >= 0.6 is 0 Å². The van der Waals surface area contributed by atoms with Crippen molar-refractivity contribution in [1.82, 2.24) is 14.9 Å². The number of rotatable bonds is 8. The molecule has 6 aromatic rings. The second-order valence-electron chi connectivity index (χ2n) is 11.2. The van der Waals surface area contributed by atoms with Gasteiger partial charge in [0.1, 0.15) is 34.8 Å². The number of carbonyl (C=O) groups is 2. The topological polar surface area (TPSA) is 156 Å². The summed E-state index contributed by atoms with van der Waals surface area (Å²) in [5.41, 5.74) is 3.30. The number of halogens is 2. The van der Waals surface area contributed by atoms with Crippen molar-refractivity contribution in [2.75, 3.05) is 22.8 Å². The Hall–Kier alpha value is -5.76. The van der Waals surface area contributed by atoms with Gasteiger partial charge in [-0.25, -0.2) is 22.2 Å². The van der Waals surface area contributed by atoms with E-state index in [1.807, 2.05) is 0 Å². The summed E-state index contributed by atoms with van der Waals surface area (Å²) < 4.78 is 64.8. The van der Waals surface area contributed by atoms with Crippen molar-refractivity contribution in [3.05, 3.63) is 90.0 Å². The van der Waals surface area contributed by atoms with E-state index in [4.69, 9.17) is 9.40 Å². The number of furan rings is 1. The maximum Gasteiger partial charge on any atom is 0.307 e. The van der Waals surface area contributed by atoms with Crippen molar-refractivity contribution in [3.63, 3.8) is 0 Å². The number of anilines is 2. The second kappa shape index (κ2) is 11.5. The standard InChI is InChI=1S/C34H27F2N5O6S/c1-3-48(45,46)40-25-15-28-21(31(34(44)37-2)33(47-28)17-7-9-18(35)10-8-17)13-20(25)23-11-12-24-32(39-23)27-14-19-22(36)5-4-6-26(19)41(27)29(38-24)16-30(42)43/h4-15,29,38,40H,3,16H2,1-2H3,(H,37,44)(H,42,43). The number of aromatic nitrogens is 2. The van der Waals surface area contributed by atoms with Crippen LogP contribution in [0.1, 0.15) is 29.9 Å². The number of benzene rings is 3. The van der Waals surface area contributed by atoms with Gasteiger partial charge >= 0.3 is 5.97 Å². The fraction of sp³-hybridized carbons (Fsp3) is 0.147. The van der Waals surface area contributed by atoms with Crippen LogP contribution in [0.4, 0.5) is 20.2 Å². The molecule has 0 bridgehead atoms. The Morgan fingerprint density at radius 2 is 1.81 bits per heavy atom. The van der Waals surface area contributed by atoms with Crippen molar-refractivity contribution < 1.29 is 36.3 Å². The van der Waals surface area contributed by atoms with Crippen LogP contribution in [0.5, 0.6) is 0 Å². The zero-order valence-corrected chi connectivity index (χ0v) is 26.3. The molecule has 0 spiro atoms. The Kier molecular flexibility index (Phi) is 7.39. The van der Waals surface area contributed by atoms with Gasteiger partial charge in [-0.05, 0) is 67.6 Å². The first-order valence-electron chi connectivity index (χ1n) is 14.9. The lowest BCUT2D eigenvalue weighted by atomic mass is 10.0. The third-order valence-electron chi connectivity index (χ3n) is 8.28. The number of carboxylic acids is 1. The van der Waals surface area contributed by atoms with Crippen molar-refractivity contribution in [1.29, 1.82) is 0 Å². The molecule has 1 aliphatic rings. The number of aliphatic carboxylic acids is 1. The number of carboxylic acid groups (broad SMARTS) is 1. The third-order valence-corrected chi connectivity index (χ3v) is 9.57. The van der Waals surface area contributed by atoms with E-state index in [2.05, 4.69) is 15.4 Å². The zero-order chi connectivity index (χ0) is 33.9. The second-order valence-corrected chi connectivity index (χ2v) is 13.2. The van der Waals surface area contributed by atoms with Crippen molar-refractivity contribution in [2.45, 2.75) is 19.5 Å². The van der Waals surface area contributed by atoms with Crippen LogP contribution in [-0.2, 0) is 14.8 Å². The van der Waals surface area contributed by atoms with Gasteiger partial charge in [-0.1, -0.05) is 6.07 Å². The van der Waals surface area contributed by atoms with E-state index >= 15 is 0 Å². The molecule has 0 aliphatic carbocycles. The molecule has 11 nitrogen and oxygen atoms in total. The van der Waals surface area contributed by atoms with Crippen LogP contribution < -0.4 is 15.4 Å². The van der Waals surface area contributed by atoms with Crippen molar-refractivity contribution in [2.24, 2.45) is 0 Å². The molecule has 14 heteroatoms. The summed E-state index contributed by atoms with van der Waals surface area (Å²) in [6.45, 7) is 1.48. The first-order chi connectivity index (χ1) is 23.0. The average molecular weight is 672 g/mol. The molecule has 48 heavy (non-hydrogen) atoms. The summed E-state index contributed by atoms with van der Waals surface area (Å²) in [7, 11) is -2.36. The fourth-order valence-corrected chi connectivity index (χ4v) is 6.69. The van der Waals surface area contributed by atoms with Gasteiger partial charge in [-0.2, -0.15) is 0 Å². The number of hydrogen-bond donors (Lipinski definition) is 4. The molecule has 0 fully saturated rings. The normalized spacial score (nSPS) is 14.0. The molecule has 1 unspecified atom stereocenters. The molecule has 0 saturated carbocycles. The van der Waals surface area contributed by atoms with E-state index in [0.717, 1.165) is 0 Å². The zero-order valence-electron chi connectivity index (χ0n) is 25.5. The summed E-state index contributed by atoms with van der Waals surface area (Å²) in [6.07, 6.45) is -1.04. The van der Waals surface area contributed by atoms with Gasteiger partial charge in [0.15, 0.2) is 0 Å². The third kappa shape index (κ3) is 5.19. The van der Waals surface area contributed by atoms with Crippen LogP contribution in [-0.4, -0.2) is 47.8 Å². The largest absolute Gasteiger partial charge is 0.481 e. The average Bonchev–Trinajstić information content (AvgIpc) is 3.64. The number of hydrogen-bond acceptors (Lipinski definition) is 7. The molecule has 0 radical (unpaired) electrons. The molecule has 1 aliphatic heterocycles. The monoisotopic (exact) mass is 671 g/mol. The summed E-state index contributed by atoms with van der Waals surface area (Å²) >= 11 is 0. The van der Waals surface area contributed by atoms with Crippen LogP contribution in [0.25, 0.3) is 55.8 Å². The molecule has 4 heterocycles. The number of pyridine rings is 1. The fourth-order valence-electron chi connectivity index (χ4n) is 6.04. The van der Waals surface area contributed by atoms with Gasteiger partial charge in [0.25, 0.3) is 5.91 Å². The van der Waals surface area contributed by atoms with Crippen molar-refractivity contribution >= 4 is 55.1 Å². The number of sulfonamides is 1. The number of fused-ring (bicyclic) bond motifs is 6. The number of nitrogens with one attached hydrogen (secondary N) is 3. The summed E-state index contributed by atoms with van der Waals surface area (Å²) in [6, 6.07) is 17.9. The minimum atomic E-state index is -3.81. The van der Waals surface area contributed by atoms with Gasteiger partial charge in [-0.3, -0.25) is 14.3 Å². The molecule has 3 aromatic carbocycles. The highest BCUT2D eigenvalue weighted by Gasteiger charge is 2.31. The molecular weight excluding hydrogens is 644 g/mol. The highest BCUT2D eigenvalue weighted by Crippen LogP contribution is 2.44. The van der Waals surface area contributed by atoms with Crippen molar-refractivity contribution in [3.8, 4) is 34.0 Å². The molecule has 1 atom stereocenters. The van der Waals surface area contributed by atoms with Gasteiger partial charge in [0.05, 0.1) is 46.0 Å². The Labute approximate surface area is 272 Å². The Bertz CT molecular complexity index is 2400. The Balaban J connectivity index is 1.47. The molecule has 1 amide bonds. The molecule has 7 rings (SSSR count). The van der Waals surface area contributed by atoms with Crippen LogP contribution in [0.2, 0.25) is 0 Å². The summed E-state index contributed by atoms with van der Waals surface area (Å²) in [5.74, 6) is -2.58. The van der Waals surface area contributed by atoms with Gasteiger partial charge in [-0.15, -0.1) is 0 Å². The first kappa shape index (κ1) is 30.9. The van der Waals surface area contributed by atoms with E-state index in [9.17, 15) is 31.9 Å². The summed E-state index contributed by atoms with van der Waals surface area (Å²) in [5, 5.41) is 16.1. The van der Waals surface area contributed by atoms with Crippen LogP contribution in [0, 0.1) is 11.6 Å². The molecule has 4 N–H and O–H groups in total. The number of nitrogens with zero attached hydrogens (tertiary/aromatic N) is 2. The van der Waals surface area contributed by atoms with Gasteiger partial charge in [0.2, 0.25) is 10.0 Å². The smallest absolute Gasteiger partial charge is 0.307 e. The minimum absolute atomic E-state index is 0.124. The molecule has 244 valence electrons. The van der Waals surface area contributed by atoms with E-state index < -0.39 is 39.7 Å².